The van der Waals surface area contributed by atoms with Gasteiger partial charge in [0.15, 0.2) is 6.54 Å². The molecular weight excluding hydrogens is 310 g/mol. The Kier molecular flexibility index (Phi) is 4.88. The molecule has 1 heterocycles. The van der Waals surface area contributed by atoms with Crippen molar-refractivity contribution in [1.29, 1.82) is 0 Å². The molecule has 0 aliphatic heterocycles. The second kappa shape index (κ2) is 6.71. The van der Waals surface area contributed by atoms with Crippen LogP contribution in [0.25, 0.3) is 15.7 Å². The highest BCUT2D eigenvalue weighted by atomic mass is 16.6. The van der Waals surface area contributed by atoms with Gasteiger partial charge in [-0.1, -0.05) is 6.57 Å². The third kappa shape index (κ3) is 3.90. The van der Waals surface area contributed by atoms with Crippen LogP contribution in [0.5, 0.6) is 0 Å². The zero-order chi connectivity index (χ0) is 17.9. The molecule has 0 radical (unpaired) electrons. The lowest BCUT2D eigenvalue weighted by Crippen LogP contribution is -2.26. The lowest BCUT2D eigenvalue weighted by Gasteiger charge is -2.19. The van der Waals surface area contributed by atoms with E-state index in [4.69, 9.17) is 16.0 Å². The van der Waals surface area contributed by atoms with Gasteiger partial charge < -0.3 is 14.3 Å². The zero-order valence-corrected chi connectivity index (χ0v) is 14.1. The zero-order valence-electron chi connectivity index (χ0n) is 14.1. The van der Waals surface area contributed by atoms with Gasteiger partial charge in [0.05, 0.1) is 17.7 Å². The molecule has 0 spiro atoms. The molecule has 0 aliphatic rings. The molecular formula is C17H19N3O4. The van der Waals surface area contributed by atoms with Gasteiger partial charge in [-0.15, -0.1) is 0 Å². The summed E-state index contributed by atoms with van der Waals surface area (Å²) < 4.78 is 11.6. The molecule has 7 heteroatoms. The Morgan fingerprint density at radius 2 is 2.04 bits per heavy atom. The first kappa shape index (κ1) is 17.5. The summed E-state index contributed by atoms with van der Waals surface area (Å²) >= 11 is 0. The third-order valence-corrected chi connectivity index (χ3v) is 3.05. The summed E-state index contributed by atoms with van der Waals surface area (Å²) in [5, 5.41) is 4.63. The van der Waals surface area contributed by atoms with Crippen LogP contribution in [0.4, 0.5) is 5.82 Å². The van der Waals surface area contributed by atoms with E-state index in [1.807, 2.05) is 0 Å². The topological polar surface area (TPSA) is 74.8 Å². The van der Waals surface area contributed by atoms with Gasteiger partial charge in [-0.3, -0.25) is 0 Å². The number of nitrogens with zero attached hydrogens (tertiary/aromatic N) is 3. The van der Waals surface area contributed by atoms with E-state index in [2.05, 4.69) is 9.94 Å². The van der Waals surface area contributed by atoms with Crippen molar-refractivity contribution in [3.63, 3.8) is 0 Å². The number of hydrogen-bond donors (Lipinski definition) is 0. The first-order valence-electron chi connectivity index (χ1n) is 7.52. The number of benzene rings is 1. The Balaban J connectivity index is 2.38. The van der Waals surface area contributed by atoms with E-state index >= 15 is 0 Å². The number of aromatic nitrogens is 2. The van der Waals surface area contributed by atoms with Crippen molar-refractivity contribution >= 4 is 28.7 Å². The van der Waals surface area contributed by atoms with Gasteiger partial charge in [-0.25, -0.2) is 9.59 Å². The molecule has 0 saturated heterocycles. The number of rotatable bonds is 4. The number of esters is 2. The van der Waals surface area contributed by atoms with Gasteiger partial charge >= 0.3 is 17.8 Å². The van der Waals surface area contributed by atoms with E-state index in [0.29, 0.717) is 16.5 Å². The molecule has 0 atom stereocenters. The number of carbonyl (C=O) groups excluding carboxylic acids is 2. The molecule has 0 N–H and O–H groups in total. The molecule has 0 fully saturated rings. The second-order valence-electron chi connectivity index (χ2n) is 6.13. The summed E-state index contributed by atoms with van der Waals surface area (Å²) in [7, 11) is 0. The molecule has 1 aromatic carbocycles. The molecule has 7 nitrogen and oxygen atoms in total. The van der Waals surface area contributed by atoms with Crippen LogP contribution in [0.3, 0.4) is 0 Å². The van der Waals surface area contributed by atoms with Gasteiger partial charge in [-0.05, 0) is 51.0 Å². The van der Waals surface area contributed by atoms with Crippen LogP contribution in [0.2, 0.25) is 0 Å². The molecule has 2 rings (SSSR count). The monoisotopic (exact) mass is 329 g/mol. The molecule has 1 aromatic heterocycles. The number of fused-ring (bicyclic) bond motifs is 1. The maximum Gasteiger partial charge on any atom is 0.338 e. The van der Waals surface area contributed by atoms with Crippen LogP contribution < -0.4 is 0 Å². The molecule has 0 saturated carbocycles. The molecule has 24 heavy (non-hydrogen) atoms. The van der Waals surface area contributed by atoms with E-state index in [1.165, 1.54) is 4.68 Å². The first-order chi connectivity index (χ1) is 11.2. The summed E-state index contributed by atoms with van der Waals surface area (Å²) in [4.78, 5) is 27.2. The van der Waals surface area contributed by atoms with Crippen molar-refractivity contribution in [3.8, 4) is 0 Å². The Bertz CT molecular complexity index is 825. The Morgan fingerprint density at radius 3 is 2.62 bits per heavy atom. The fraction of sp³-hybridized carbons (Fsp3) is 0.412. The fourth-order valence-electron chi connectivity index (χ4n) is 2.20. The minimum atomic E-state index is -0.597. The third-order valence-electron chi connectivity index (χ3n) is 3.05. The number of hydrogen-bond acceptors (Lipinski definition) is 5. The van der Waals surface area contributed by atoms with Gasteiger partial charge in [0.1, 0.15) is 5.60 Å². The number of ether oxygens (including phenoxy) is 2. The predicted octanol–water partition coefficient (Wildman–Crippen LogP) is 3.11. The average Bonchev–Trinajstić information content (AvgIpc) is 2.82. The van der Waals surface area contributed by atoms with E-state index in [9.17, 15) is 9.59 Å². The van der Waals surface area contributed by atoms with Crippen molar-refractivity contribution in [2.45, 2.75) is 39.8 Å². The smallest absolute Gasteiger partial charge is 0.338 e. The predicted molar refractivity (Wildman–Crippen MR) is 87.8 cm³/mol. The minimum absolute atomic E-state index is 0.109. The van der Waals surface area contributed by atoms with Crippen LogP contribution in [-0.4, -0.2) is 33.9 Å². The van der Waals surface area contributed by atoms with Crippen LogP contribution in [0, 0.1) is 6.57 Å². The van der Waals surface area contributed by atoms with Crippen molar-refractivity contribution in [2.75, 3.05) is 6.61 Å². The molecule has 0 amide bonds. The van der Waals surface area contributed by atoms with E-state index in [-0.39, 0.29) is 19.0 Å². The van der Waals surface area contributed by atoms with Crippen molar-refractivity contribution in [1.82, 2.24) is 9.78 Å². The molecule has 126 valence electrons. The van der Waals surface area contributed by atoms with Gasteiger partial charge in [-0.2, -0.15) is 4.68 Å². The largest absolute Gasteiger partial charge is 0.462 e. The fourth-order valence-corrected chi connectivity index (χ4v) is 2.20. The van der Waals surface area contributed by atoms with Gasteiger partial charge in [0, 0.05) is 5.39 Å². The molecule has 0 bridgehead atoms. The highest BCUT2D eigenvalue weighted by Gasteiger charge is 2.21. The Labute approximate surface area is 140 Å². The standard InChI is InChI=1S/C17H19N3O4/c1-6-23-16(22)11-7-8-13-12(9-11)15(18-5)19-20(13)10-14(21)24-17(2,3)4/h7-9H,6,10H2,1-4H3. The summed E-state index contributed by atoms with van der Waals surface area (Å²) in [5.74, 6) is -0.784. The van der Waals surface area contributed by atoms with E-state index < -0.39 is 17.5 Å². The molecule has 0 unspecified atom stereocenters. The average molecular weight is 329 g/mol. The highest BCUT2D eigenvalue weighted by molar-refractivity contribution is 5.99. The van der Waals surface area contributed by atoms with E-state index in [0.717, 1.165) is 0 Å². The quantitative estimate of drug-likeness (QED) is 0.636. The molecule has 0 aliphatic carbocycles. The first-order valence-corrected chi connectivity index (χ1v) is 7.52. The maximum atomic E-state index is 12.0. The van der Waals surface area contributed by atoms with Crippen LogP contribution >= 0.6 is 0 Å². The Hall–Kier alpha value is -2.88. The van der Waals surface area contributed by atoms with Crippen molar-refractivity contribution < 1.29 is 19.1 Å². The summed E-state index contributed by atoms with van der Waals surface area (Å²) in [6.45, 7) is 14.5. The maximum absolute atomic E-state index is 12.0. The summed E-state index contributed by atoms with van der Waals surface area (Å²) in [6, 6.07) is 4.79. The van der Waals surface area contributed by atoms with Crippen molar-refractivity contribution in [2.24, 2.45) is 0 Å². The van der Waals surface area contributed by atoms with E-state index in [1.54, 1.807) is 45.9 Å². The van der Waals surface area contributed by atoms with Crippen LogP contribution in [0.15, 0.2) is 18.2 Å². The summed E-state index contributed by atoms with van der Waals surface area (Å²) in [5.41, 5.74) is 0.325. The van der Waals surface area contributed by atoms with Crippen LogP contribution in [0.1, 0.15) is 38.1 Å². The lowest BCUT2D eigenvalue weighted by molar-refractivity contribution is -0.155. The lowest BCUT2D eigenvalue weighted by atomic mass is 10.1. The highest BCUT2D eigenvalue weighted by Crippen LogP contribution is 2.27. The second-order valence-corrected chi connectivity index (χ2v) is 6.13. The van der Waals surface area contributed by atoms with Crippen LogP contribution in [-0.2, 0) is 20.8 Å². The minimum Gasteiger partial charge on any atom is -0.462 e. The summed E-state index contributed by atoms with van der Waals surface area (Å²) in [6.07, 6.45) is 0. The number of carbonyl (C=O) groups is 2. The Morgan fingerprint density at radius 1 is 1.33 bits per heavy atom. The van der Waals surface area contributed by atoms with Gasteiger partial charge in [0.2, 0.25) is 0 Å². The molecule has 2 aromatic rings. The SMILES string of the molecule is [C-]#[N+]c1nn(CC(=O)OC(C)(C)C)c2ccc(C(=O)OCC)cc12. The normalized spacial score (nSPS) is 11.1. The van der Waals surface area contributed by atoms with Gasteiger partial charge in [0.25, 0.3) is 0 Å². The van der Waals surface area contributed by atoms with Crippen molar-refractivity contribution in [3.05, 3.63) is 35.2 Å².